The molecule has 0 radical (unpaired) electrons. The van der Waals surface area contributed by atoms with E-state index in [-0.39, 0.29) is 5.78 Å². The highest BCUT2D eigenvalue weighted by Crippen LogP contribution is 2.31. The quantitative estimate of drug-likeness (QED) is 0.557. The van der Waals surface area contributed by atoms with Crippen LogP contribution >= 0.6 is 0 Å². The molecule has 0 saturated carbocycles. The van der Waals surface area contributed by atoms with E-state index in [1.807, 2.05) is 12.1 Å². The largest absolute Gasteiger partial charge is 0.493 e. The minimum absolute atomic E-state index is 0.283. The summed E-state index contributed by atoms with van der Waals surface area (Å²) >= 11 is 0. The van der Waals surface area contributed by atoms with Crippen LogP contribution in [-0.4, -0.2) is 40.5 Å². The standard InChI is InChI=1S/C14H18O5/c1-16-12-7-5-6-10(13(12)17-2)8-9-11(15)14(18-3)19-4/h5-9,14H,1-4H3/b9-8+. The molecule has 1 aromatic rings. The van der Waals surface area contributed by atoms with Gasteiger partial charge in [-0.3, -0.25) is 4.79 Å². The molecule has 0 aromatic heterocycles. The van der Waals surface area contributed by atoms with Crippen molar-refractivity contribution in [3.63, 3.8) is 0 Å². The van der Waals surface area contributed by atoms with Gasteiger partial charge in [0.2, 0.25) is 12.1 Å². The van der Waals surface area contributed by atoms with Gasteiger partial charge in [-0.2, -0.15) is 0 Å². The first-order chi connectivity index (χ1) is 9.17. The van der Waals surface area contributed by atoms with E-state index in [0.29, 0.717) is 11.5 Å². The zero-order valence-electron chi connectivity index (χ0n) is 11.5. The number of hydrogen-bond donors (Lipinski definition) is 0. The van der Waals surface area contributed by atoms with Crippen molar-refractivity contribution in [3.05, 3.63) is 29.8 Å². The molecule has 0 saturated heterocycles. The molecule has 104 valence electrons. The maximum Gasteiger partial charge on any atom is 0.221 e. The number of hydrogen-bond acceptors (Lipinski definition) is 5. The van der Waals surface area contributed by atoms with Gasteiger partial charge in [-0.1, -0.05) is 12.1 Å². The molecule has 5 heteroatoms. The molecule has 0 aliphatic heterocycles. The number of carbonyl (C=O) groups excluding carboxylic acids is 1. The van der Waals surface area contributed by atoms with Gasteiger partial charge in [0.15, 0.2) is 11.5 Å². The number of ether oxygens (including phenoxy) is 4. The molecule has 0 heterocycles. The molecule has 19 heavy (non-hydrogen) atoms. The maximum absolute atomic E-state index is 11.7. The van der Waals surface area contributed by atoms with Crippen LogP contribution in [-0.2, 0) is 14.3 Å². The van der Waals surface area contributed by atoms with E-state index in [0.717, 1.165) is 5.56 Å². The molecular weight excluding hydrogens is 248 g/mol. The van der Waals surface area contributed by atoms with E-state index in [1.165, 1.54) is 20.3 Å². The van der Waals surface area contributed by atoms with Crippen LogP contribution in [0.25, 0.3) is 6.08 Å². The summed E-state index contributed by atoms with van der Waals surface area (Å²) in [5.74, 6) is 0.891. The molecule has 0 atom stereocenters. The zero-order valence-corrected chi connectivity index (χ0v) is 11.5. The predicted octanol–water partition coefficient (Wildman–Crippen LogP) is 1.90. The van der Waals surface area contributed by atoms with Gasteiger partial charge in [0.1, 0.15) is 0 Å². The second-order valence-corrected chi connectivity index (χ2v) is 3.62. The molecule has 0 bridgehead atoms. The van der Waals surface area contributed by atoms with Gasteiger partial charge in [-0.05, 0) is 18.2 Å². The lowest BCUT2D eigenvalue weighted by Crippen LogP contribution is -2.22. The fourth-order valence-corrected chi connectivity index (χ4v) is 1.62. The first-order valence-electron chi connectivity index (χ1n) is 5.66. The Bertz CT molecular complexity index is 449. The lowest BCUT2D eigenvalue weighted by Gasteiger charge is -2.11. The molecule has 0 unspecified atom stereocenters. The Hall–Kier alpha value is -1.85. The van der Waals surface area contributed by atoms with Crippen LogP contribution in [0, 0.1) is 0 Å². The Labute approximate surface area is 112 Å². The topological polar surface area (TPSA) is 54.0 Å². The second kappa shape index (κ2) is 7.56. The monoisotopic (exact) mass is 266 g/mol. The van der Waals surface area contributed by atoms with E-state index in [2.05, 4.69) is 0 Å². The molecule has 0 aliphatic carbocycles. The highest BCUT2D eigenvalue weighted by Gasteiger charge is 2.14. The summed E-state index contributed by atoms with van der Waals surface area (Å²) in [7, 11) is 5.92. The Morgan fingerprint density at radius 1 is 1.11 bits per heavy atom. The van der Waals surface area contributed by atoms with E-state index < -0.39 is 6.29 Å². The highest BCUT2D eigenvalue weighted by molar-refractivity contribution is 5.96. The van der Waals surface area contributed by atoms with Crippen molar-refractivity contribution in [2.45, 2.75) is 6.29 Å². The van der Waals surface area contributed by atoms with Crippen LogP contribution in [0.5, 0.6) is 11.5 Å². The summed E-state index contributed by atoms with van der Waals surface area (Å²) in [6, 6.07) is 5.42. The third-order valence-corrected chi connectivity index (χ3v) is 2.52. The fraction of sp³-hybridized carbons (Fsp3) is 0.357. The summed E-state index contributed by atoms with van der Waals surface area (Å²) in [6.45, 7) is 0. The van der Waals surface area contributed by atoms with Crippen molar-refractivity contribution in [2.24, 2.45) is 0 Å². The number of para-hydroxylation sites is 1. The molecule has 0 fully saturated rings. The van der Waals surface area contributed by atoms with Gasteiger partial charge in [-0.25, -0.2) is 0 Å². The Morgan fingerprint density at radius 2 is 1.79 bits per heavy atom. The summed E-state index contributed by atoms with van der Waals surface area (Å²) in [6.07, 6.45) is 2.12. The minimum atomic E-state index is -0.896. The van der Waals surface area contributed by atoms with Gasteiger partial charge in [0.05, 0.1) is 14.2 Å². The Kier molecular flexibility index (Phi) is 6.05. The third-order valence-electron chi connectivity index (χ3n) is 2.52. The third kappa shape index (κ3) is 3.81. The lowest BCUT2D eigenvalue weighted by atomic mass is 10.1. The average Bonchev–Trinajstić information content (AvgIpc) is 2.45. The lowest BCUT2D eigenvalue weighted by molar-refractivity contribution is -0.151. The van der Waals surface area contributed by atoms with Crippen molar-refractivity contribution in [3.8, 4) is 11.5 Å². The van der Waals surface area contributed by atoms with Gasteiger partial charge in [0.25, 0.3) is 0 Å². The van der Waals surface area contributed by atoms with Crippen LogP contribution in [0.1, 0.15) is 5.56 Å². The number of carbonyl (C=O) groups is 1. The van der Waals surface area contributed by atoms with Crippen molar-refractivity contribution in [2.75, 3.05) is 28.4 Å². The number of rotatable bonds is 7. The fourth-order valence-electron chi connectivity index (χ4n) is 1.62. The minimum Gasteiger partial charge on any atom is -0.493 e. The predicted molar refractivity (Wildman–Crippen MR) is 71.4 cm³/mol. The number of benzene rings is 1. The molecule has 5 nitrogen and oxygen atoms in total. The first-order valence-corrected chi connectivity index (χ1v) is 5.66. The number of ketones is 1. The first kappa shape index (κ1) is 15.2. The molecule has 0 N–H and O–H groups in total. The zero-order chi connectivity index (χ0) is 14.3. The Morgan fingerprint density at radius 3 is 2.32 bits per heavy atom. The molecule has 0 amide bonds. The van der Waals surface area contributed by atoms with E-state index in [9.17, 15) is 4.79 Å². The average molecular weight is 266 g/mol. The Balaban J connectivity index is 2.96. The summed E-state index contributed by atoms with van der Waals surface area (Å²) in [5, 5.41) is 0. The van der Waals surface area contributed by atoms with E-state index in [4.69, 9.17) is 18.9 Å². The van der Waals surface area contributed by atoms with Crippen LogP contribution in [0.3, 0.4) is 0 Å². The molecule has 1 rings (SSSR count). The van der Waals surface area contributed by atoms with Crippen LogP contribution in [0.2, 0.25) is 0 Å². The van der Waals surface area contributed by atoms with Crippen molar-refractivity contribution in [1.29, 1.82) is 0 Å². The summed E-state index contributed by atoms with van der Waals surface area (Å²) < 4.78 is 20.2. The van der Waals surface area contributed by atoms with Crippen LogP contribution < -0.4 is 9.47 Å². The SMILES string of the molecule is COc1cccc(/C=C/C(=O)C(OC)OC)c1OC. The summed E-state index contributed by atoms with van der Waals surface area (Å²) in [4.78, 5) is 11.7. The van der Waals surface area contributed by atoms with Crippen LogP contribution in [0.15, 0.2) is 24.3 Å². The van der Waals surface area contributed by atoms with Crippen molar-refractivity contribution >= 4 is 11.9 Å². The van der Waals surface area contributed by atoms with Crippen LogP contribution in [0.4, 0.5) is 0 Å². The number of methoxy groups -OCH3 is 4. The molecule has 0 spiro atoms. The van der Waals surface area contributed by atoms with E-state index in [1.54, 1.807) is 26.4 Å². The summed E-state index contributed by atoms with van der Waals surface area (Å²) in [5.41, 5.74) is 0.737. The smallest absolute Gasteiger partial charge is 0.221 e. The van der Waals surface area contributed by atoms with Crippen molar-refractivity contribution in [1.82, 2.24) is 0 Å². The van der Waals surface area contributed by atoms with E-state index >= 15 is 0 Å². The van der Waals surface area contributed by atoms with Crippen molar-refractivity contribution < 1.29 is 23.7 Å². The normalized spacial score (nSPS) is 11.0. The maximum atomic E-state index is 11.7. The molecule has 1 aromatic carbocycles. The molecule has 0 aliphatic rings. The second-order valence-electron chi connectivity index (χ2n) is 3.62. The van der Waals surface area contributed by atoms with Gasteiger partial charge in [0, 0.05) is 19.8 Å². The van der Waals surface area contributed by atoms with Gasteiger partial charge < -0.3 is 18.9 Å². The molecular formula is C14H18O5. The van der Waals surface area contributed by atoms with Gasteiger partial charge in [-0.15, -0.1) is 0 Å². The highest BCUT2D eigenvalue weighted by atomic mass is 16.7. The van der Waals surface area contributed by atoms with Gasteiger partial charge >= 0.3 is 0 Å².